The third-order valence-electron chi connectivity index (χ3n) is 14.2. The smallest absolute Gasteiger partial charge is 0.331 e. The van der Waals surface area contributed by atoms with E-state index in [0.717, 1.165) is 37.7 Å². The summed E-state index contributed by atoms with van der Waals surface area (Å²) in [5, 5.41) is 85.8. The van der Waals surface area contributed by atoms with Gasteiger partial charge < -0.3 is 64.5 Å². The standard InChI is InChI=1S/C35H54O14/c1-16-30(49-32-28(42)26(40)25(39)23(13-36)48-32)27(41)29(43)31(46-16)47-19-5-9-34(15-37)18(12-19)3-4-22-21(34)6-8-33(2)20(7-10-35(22,33)44)17-11-24(38)45-14-17/h11,16,18-23,25-32,36-37,39-44H,3-10,12-15H2,1-2H3/t16-,18+,19-,20+,21+,22+,23-,25-,26+,27-,28-,29-,30-,31+,32+,33+,34+,35-/m0/s1. The van der Waals surface area contributed by atoms with Crippen molar-refractivity contribution in [1.29, 1.82) is 0 Å². The molecule has 0 bridgehead atoms. The number of hydrogen-bond donors (Lipinski definition) is 8. The molecule has 14 heteroatoms. The van der Waals surface area contributed by atoms with Gasteiger partial charge in [0.15, 0.2) is 12.6 Å². The van der Waals surface area contributed by atoms with Crippen molar-refractivity contribution in [3.8, 4) is 0 Å². The van der Waals surface area contributed by atoms with E-state index in [1.54, 1.807) is 13.0 Å². The molecule has 49 heavy (non-hydrogen) atoms. The topological polar surface area (TPSA) is 225 Å². The summed E-state index contributed by atoms with van der Waals surface area (Å²) in [7, 11) is 0. The average molecular weight is 699 g/mol. The minimum Gasteiger partial charge on any atom is -0.458 e. The van der Waals surface area contributed by atoms with Crippen molar-refractivity contribution in [2.75, 3.05) is 19.8 Å². The SMILES string of the molecule is C[C@@H]1O[C@H](O[C@H]2CC[C@@]3(CO)[C@H](CC[C@@H]4[C@H]3CC[C@]3(C)[C@@H](C5=CC(=O)OC5)CC[C@]43O)C2)[C@@H](O)[C@H](O)[C@H]1O[C@H]1O[C@@H](CO)[C@H](O)[C@@H](O)[C@@H]1O. The molecule has 3 aliphatic heterocycles. The maximum atomic E-state index is 12.5. The fourth-order valence-electron chi connectivity index (χ4n) is 11.4. The van der Waals surface area contributed by atoms with Gasteiger partial charge in [-0.3, -0.25) is 0 Å². The van der Waals surface area contributed by atoms with Crippen LogP contribution in [0.4, 0.5) is 0 Å². The number of fused-ring (bicyclic) bond motifs is 5. The summed E-state index contributed by atoms with van der Waals surface area (Å²) in [6, 6.07) is 0. The quantitative estimate of drug-likeness (QED) is 0.121. The van der Waals surface area contributed by atoms with Gasteiger partial charge in [-0.2, -0.15) is 0 Å². The molecule has 0 amide bonds. The van der Waals surface area contributed by atoms with E-state index >= 15 is 0 Å². The number of ether oxygens (including phenoxy) is 5. The molecule has 0 unspecified atom stereocenters. The van der Waals surface area contributed by atoms with Crippen molar-refractivity contribution >= 4 is 5.97 Å². The summed E-state index contributed by atoms with van der Waals surface area (Å²) < 4.78 is 28.7. The van der Waals surface area contributed by atoms with Crippen molar-refractivity contribution in [1.82, 2.24) is 0 Å². The molecule has 278 valence electrons. The molecule has 0 aromatic rings. The molecule has 6 fully saturated rings. The lowest BCUT2D eigenvalue weighted by Gasteiger charge is -2.64. The molecule has 0 aromatic heterocycles. The first-order valence-corrected chi connectivity index (χ1v) is 18.1. The summed E-state index contributed by atoms with van der Waals surface area (Å²) in [5.41, 5.74) is -0.641. The number of esters is 1. The summed E-state index contributed by atoms with van der Waals surface area (Å²) in [4.78, 5) is 11.9. The molecule has 3 heterocycles. The Morgan fingerprint density at radius 1 is 0.837 bits per heavy atom. The van der Waals surface area contributed by atoms with E-state index in [2.05, 4.69) is 6.92 Å². The summed E-state index contributed by atoms with van der Waals surface area (Å²) in [5.74, 6) is 0.104. The Kier molecular flexibility index (Phi) is 9.80. The molecule has 4 aliphatic carbocycles. The second-order valence-corrected chi connectivity index (χ2v) is 16.2. The maximum absolute atomic E-state index is 12.5. The first kappa shape index (κ1) is 36.1. The normalized spacial score (nSPS) is 54.4. The van der Waals surface area contributed by atoms with E-state index in [9.17, 15) is 45.6 Å². The highest BCUT2D eigenvalue weighted by Gasteiger charge is 2.68. The highest BCUT2D eigenvalue weighted by molar-refractivity contribution is 5.85. The lowest BCUT2D eigenvalue weighted by Crippen LogP contribution is -2.64. The summed E-state index contributed by atoms with van der Waals surface area (Å²) >= 11 is 0. The third kappa shape index (κ3) is 5.64. The molecule has 7 rings (SSSR count). The number of carbonyl (C=O) groups is 1. The summed E-state index contributed by atoms with van der Waals surface area (Å²) in [6.07, 6.45) is -5.76. The zero-order chi connectivity index (χ0) is 35.0. The predicted octanol–water partition coefficient (Wildman–Crippen LogP) is -0.747. The number of cyclic esters (lactones) is 1. The van der Waals surface area contributed by atoms with Gasteiger partial charge in [-0.25, -0.2) is 4.79 Å². The molecule has 4 saturated carbocycles. The van der Waals surface area contributed by atoms with E-state index in [4.69, 9.17) is 23.7 Å². The van der Waals surface area contributed by atoms with Gasteiger partial charge in [-0.1, -0.05) is 6.92 Å². The van der Waals surface area contributed by atoms with Crippen LogP contribution in [0.1, 0.15) is 71.6 Å². The van der Waals surface area contributed by atoms with Crippen molar-refractivity contribution in [3.05, 3.63) is 11.6 Å². The van der Waals surface area contributed by atoms with E-state index in [1.165, 1.54) is 0 Å². The fourth-order valence-corrected chi connectivity index (χ4v) is 11.4. The fraction of sp³-hybridized carbons (Fsp3) is 0.914. The number of aliphatic hydroxyl groups excluding tert-OH is 7. The van der Waals surface area contributed by atoms with Gasteiger partial charge in [0.2, 0.25) is 0 Å². The molecule has 14 nitrogen and oxygen atoms in total. The van der Waals surface area contributed by atoms with E-state index in [-0.39, 0.29) is 53.2 Å². The van der Waals surface area contributed by atoms with Crippen LogP contribution in [0.15, 0.2) is 11.6 Å². The lowest BCUT2D eigenvalue weighted by molar-refractivity contribution is -0.360. The van der Waals surface area contributed by atoms with Gasteiger partial charge in [-0.05, 0) is 99.4 Å². The predicted molar refractivity (Wildman–Crippen MR) is 167 cm³/mol. The largest absolute Gasteiger partial charge is 0.458 e. The number of aliphatic hydroxyl groups is 8. The molecule has 2 saturated heterocycles. The number of carbonyl (C=O) groups excluding carboxylic acids is 1. The monoisotopic (exact) mass is 698 g/mol. The van der Waals surface area contributed by atoms with Crippen LogP contribution in [-0.4, -0.2) is 140 Å². The molecule has 18 atom stereocenters. The van der Waals surface area contributed by atoms with Crippen LogP contribution < -0.4 is 0 Å². The Balaban J connectivity index is 0.995. The van der Waals surface area contributed by atoms with Gasteiger partial charge in [0.1, 0.15) is 49.3 Å². The highest BCUT2D eigenvalue weighted by Crippen LogP contribution is 2.70. The van der Waals surface area contributed by atoms with E-state index < -0.39 is 73.6 Å². The van der Waals surface area contributed by atoms with Crippen LogP contribution in [0.3, 0.4) is 0 Å². The van der Waals surface area contributed by atoms with Gasteiger partial charge in [0.05, 0.1) is 24.4 Å². The first-order chi connectivity index (χ1) is 23.3. The molecule has 7 aliphatic rings. The molecule has 0 spiro atoms. The van der Waals surface area contributed by atoms with Crippen LogP contribution in [0, 0.1) is 34.5 Å². The van der Waals surface area contributed by atoms with Gasteiger partial charge >= 0.3 is 5.97 Å². The molecular formula is C35H54O14. The van der Waals surface area contributed by atoms with Crippen molar-refractivity contribution in [2.45, 2.75) is 145 Å². The second-order valence-electron chi connectivity index (χ2n) is 16.2. The Morgan fingerprint density at radius 3 is 2.27 bits per heavy atom. The minimum absolute atomic E-state index is 0.0184. The minimum atomic E-state index is -1.67. The van der Waals surface area contributed by atoms with Crippen LogP contribution in [0.5, 0.6) is 0 Å². The maximum Gasteiger partial charge on any atom is 0.331 e. The molecule has 0 radical (unpaired) electrons. The average Bonchev–Trinajstić information content (AvgIpc) is 3.64. The third-order valence-corrected chi connectivity index (χ3v) is 14.2. The second kappa shape index (κ2) is 13.3. The summed E-state index contributed by atoms with van der Waals surface area (Å²) in [6.45, 7) is 3.47. The first-order valence-electron chi connectivity index (χ1n) is 18.1. The van der Waals surface area contributed by atoms with Crippen molar-refractivity contribution in [3.63, 3.8) is 0 Å². The van der Waals surface area contributed by atoms with E-state index in [0.29, 0.717) is 32.3 Å². The highest BCUT2D eigenvalue weighted by atomic mass is 16.7. The zero-order valence-corrected chi connectivity index (χ0v) is 28.3. The van der Waals surface area contributed by atoms with Gasteiger partial charge in [0, 0.05) is 18.1 Å². The Morgan fingerprint density at radius 2 is 1.57 bits per heavy atom. The molecular weight excluding hydrogens is 644 g/mol. The van der Waals surface area contributed by atoms with Crippen LogP contribution in [0.25, 0.3) is 0 Å². The van der Waals surface area contributed by atoms with Crippen LogP contribution >= 0.6 is 0 Å². The van der Waals surface area contributed by atoms with E-state index in [1.807, 2.05) is 0 Å². The number of rotatable bonds is 7. The van der Waals surface area contributed by atoms with Crippen molar-refractivity contribution < 1.29 is 69.3 Å². The van der Waals surface area contributed by atoms with Crippen LogP contribution in [0.2, 0.25) is 0 Å². The number of hydrogen-bond acceptors (Lipinski definition) is 14. The molecule has 8 N–H and O–H groups in total. The van der Waals surface area contributed by atoms with Crippen molar-refractivity contribution in [2.24, 2.45) is 34.5 Å². The Bertz CT molecular complexity index is 1260. The zero-order valence-electron chi connectivity index (χ0n) is 28.3. The van der Waals surface area contributed by atoms with Gasteiger partial charge in [-0.15, -0.1) is 0 Å². The van der Waals surface area contributed by atoms with Gasteiger partial charge in [0.25, 0.3) is 0 Å². The Labute approximate surface area is 285 Å². The lowest BCUT2D eigenvalue weighted by atomic mass is 9.43. The molecule has 0 aromatic carbocycles. The van der Waals surface area contributed by atoms with Crippen LogP contribution in [-0.2, 0) is 28.5 Å². The Hall–Kier alpha value is -1.27.